The third kappa shape index (κ3) is 2.19. The Labute approximate surface area is 114 Å². The highest BCUT2D eigenvalue weighted by atomic mass is 16.3. The number of likely N-dealkylation sites (N-methyl/N-ethyl adjacent to an activating group) is 1. The van der Waals surface area contributed by atoms with Crippen molar-refractivity contribution in [2.24, 2.45) is 0 Å². The summed E-state index contributed by atoms with van der Waals surface area (Å²) >= 11 is 0. The van der Waals surface area contributed by atoms with Gasteiger partial charge in [0.15, 0.2) is 5.76 Å². The Morgan fingerprint density at radius 3 is 2.37 bits per heavy atom. The molecule has 3 nitrogen and oxygen atoms in total. The van der Waals surface area contributed by atoms with Crippen LogP contribution in [-0.2, 0) is 0 Å². The molecular formula is C16H21NO2. The Kier molecular flexibility index (Phi) is 3.76. The number of hydrogen-bond donors (Lipinski definition) is 0. The standard InChI is InChI=1S/C16H21NO2/c1-5-16(6-2,17(3)4)15(18)14-11-12-9-7-8-10-13(12)19-14/h7-11H,5-6H2,1-4H3. The van der Waals surface area contributed by atoms with Gasteiger partial charge in [-0.3, -0.25) is 9.69 Å². The van der Waals surface area contributed by atoms with Gasteiger partial charge in [0.25, 0.3) is 0 Å². The van der Waals surface area contributed by atoms with E-state index in [1.807, 2.05) is 63.2 Å². The molecule has 19 heavy (non-hydrogen) atoms. The Bertz CT molecular complexity index is 546. The molecule has 0 amide bonds. The lowest BCUT2D eigenvalue weighted by Gasteiger charge is -2.36. The first-order chi connectivity index (χ1) is 9.05. The highest BCUT2D eigenvalue weighted by molar-refractivity contribution is 6.03. The van der Waals surface area contributed by atoms with Crippen molar-refractivity contribution in [1.29, 1.82) is 0 Å². The van der Waals surface area contributed by atoms with E-state index in [0.717, 1.165) is 23.8 Å². The summed E-state index contributed by atoms with van der Waals surface area (Å²) in [6, 6.07) is 9.57. The van der Waals surface area contributed by atoms with Crippen molar-refractivity contribution in [3.05, 3.63) is 36.1 Å². The predicted octanol–water partition coefficient (Wildman–Crippen LogP) is 3.74. The van der Waals surface area contributed by atoms with Crippen LogP contribution in [0.25, 0.3) is 11.0 Å². The van der Waals surface area contributed by atoms with E-state index < -0.39 is 5.54 Å². The van der Waals surface area contributed by atoms with E-state index in [1.54, 1.807) is 0 Å². The summed E-state index contributed by atoms with van der Waals surface area (Å²) in [7, 11) is 3.90. The Hall–Kier alpha value is -1.61. The highest BCUT2D eigenvalue weighted by Gasteiger charge is 2.39. The molecule has 0 N–H and O–H groups in total. The van der Waals surface area contributed by atoms with Crippen LogP contribution in [0.2, 0.25) is 0 Å². The van der Waals surface area contributed by atoms with Gasteiger partial charge in [-0.2, -0.15) is 0 Å². The maximum Gasteiger partial charge on any atom is 0.218 e. The van der Waals surface area contributed by atoms with E-state index in [4.69, 9.17) is 4.42 Å². The fourth-order valence-corrected chi connectivity index (χ4v) is 2.73. The molecule has 0 unspecified atom stereocenters. The minimum atomic E-state index is -0.478. The SMILES string of the molecule is CCC(CC)(C(=O)c1cc2ccccc2o1)N(C)C. The van der Waals surface area contributed by atoms with Crippen LogP contribution in [0.3, 0.4) is 0 Å². The molecule has 0 aliphatic rings. The molecule has 3 heteroatoms. The van der Waals surface area contributed by atoms with Crippen molar-refractivity contribution >= 4 is 16.8 Å². The number of hydrogen-bond acceptors (Lipinski definition) is 3. The van der Waals surface area contributed by atoms with Gasteiger partial charge in [0, 0.05) is 5.39 Å². The van der Waals surface area contributed by atoms with Crippen molar-refractivity contribution in [2.45, 2.75) is 32.2 Å². The Morgan fingerprint density at radius 1 is 1.21 bits per heavy atom. The number of furan rings is 1. The van der Waals surface area contributed by atoms with E-state index in [9.17, 15) is 4.79 Å². The van der Waals surface area contributed by atoms with Crippen molar-refractivity contribution in [3.8, 4) is 0 Å². The number of Topliss-reactive ketones (excluding diaryl/α,β-unsaturated/α-hetero) is 1. The molecule has 1 aromatic carbocycles. The third-order valence-electron chi connectivity index (χ3n) is 4.10. The minimum Gasteiger partial charge on any atom is -0.453 e. The maximum atomic E-state index is 12.8. The zero-order valence-corrected chi connectivity index (χ0v) is 12.1. The van der Waals surface area contributed by atoms with Crippen LogP contribution >= 0.6 is 0 Å². The summed E-state index contributed by atoms with van der Waals surface area (Å²) in [6.45, 7) is 4.09. The van der Waals surface area contributed by atoms with Gasteiger partial charge < -0.3 is 4.42 Å². The summed E-state index contributed by atoms with van der Waals surface area (Å²) in [6.07, 6.45) is 1.54. The van der Waals surface area contributed by atoms with Crippen molar-refractivity contribution in [3.63, 3.8) is 0 Å². The minimum absolute atomic E-state index is 0.0682. The van der Waals surface area contributed by atoms with Crippen LogP contribution in [0.15, 0.2) is 34.7 Å². The first kappa shape index (κ1) is 13.8. The molecule has 0 saturated carbocycles. The van der Waals surface area contributed by atoms with Gasteiger partial charge in [-0.15, -0.1) is 0 Å². The van der Waals surface area contributed by atoms with Crippen LogP contribution in [0.5, 0.6) is 0 Å². The van der Waals surface area contributed by atoms with Crippen LogP contribution < -0.4 is 0 Å². The number of nitrogens with zero attached hydrogens (tertiary/aromatic N) is 1. The molecule has 0 atom stereocenters. The van der Waals surface area contributed by atoms with Gasteiger partial charge in [0.2, 0.25) is 5.78 Å². The van der Waals surface area contributed by atoms with Gasteiger partial charge in [0.05, 0.1) is 5.54 Å². The highest BCUT2D eigenvalue weighted by Crippen LogP contribution is 2.29. The summed E-state index contributed by atoms with van der Waals surface area (Å²) in [5.41, 5.74) is 0.291. The zero-order valence-electron chi connectivity index (χ0n) is 12.1. The number of ketones is 1. The van der Waals surface area contributed by atoms with Gasteiger partial charge in [-0.05, 0) is 39.1 Å². The van der Waals surface area contributed by atoms with Crippen LogP contribution in [0.4, 0.5) is 0 Å². The van der Waals surface area contributed by atoms with E-state index in [0.29, 0.717) is 5.76 Å². The van der Waals surface area contributed by atoms with Gasteiger partial charge in [-0.25, -0.2) is 0 Å². The normalized spacial score (nSPS) is 12.3. The van der Waals surface area contributed by atoms with Crippen LogP contribution in [0.1, 0.15) is 37.2 Å². The maximum absolute atomic E-state index is 12.8. The zero-order chi connectivity index (χ0) is 14.0. The molecule has 0 aliphatic heterocycles. The number of fused-ring (bicyclic) bond motifs is 1. The van der Waals surface area contributed by atoms with E-state index >= 15 is 0 Å². The van der Waals surface area contributed by atoms with Gasteiger partial charge >= 0.3 is 0 Å². The molecule has 1 aromatic heterocycles. The molecule has 0 saturated heterocycles. The topological polar surface area (TPSA) is 33.5 Å². The van der Waals surface area contributed by atoms with Crippen LogP contribution in [-0.4, -0.2) is 30.3 Å². The monoisotopic (exact) mass is 259 g/mol. The molecule has 0 radical (unpaired) electrons. The molecule has 0 bridgehead atoms. The lowest BCUT2D eigenvalue weighted by atomic mass is 9.85. The third-order valence-corrected chi connectivity index (χ3v) is 4.10. The van der Waals surface area contributed by atoms with E-state index in [1.165, 1.54) is 0 Å². The average Bonchev–Trinajstić information content (AvgIpc) is 2.83. The first-order valence-corrected chi connectivity index (χ1v) is 6.76. The molecular weight excluding hydrogens is 238 g/mol. The van der Waals surface area contributed by atoms with E-state index in [2.05, 4.69) is 0 Å². The van der Waals surface area contributed by atoms with Gasteiger partial charge in [-0.1, -0.05) is 32.0 Å². The van der Waals surface area contributed by atoms with Crippen molar-refractivity contribution in [2.75, 3.05) is 14.1 Å². The molecule has 2 aromatic rings. The lowest BCUT2D eigenvalue weighted by Crippen LogP contribution is -2.50. The molecule has 102 valence electrons. The fraction of sp³-hybridized carbons (Fsp3) is 0.438. The fourth-order valence-electron chi connectivity index (χ4n) is 2.73. The second-order valence-corrected chi connectivity index (χ2v) is 5.11. The smallest absolute Gasteiger partial charge is 0.218 e. The van der Waals surface area contributed by atoms with E-state index in [-0.39, 0.29) is 5.78 Å². The first-order valence-electron chi connectivity index (χ1n) is 6.76. The second-order valence-electron chi connectivity index (χ2n) is 5.11. The summed E-state index contributed by atoms with van der Waals surface area (Å²) in [5, 5.41) is 0.978. The summed E-state index contributed by atoms with van der Waals surface area (Å²) in [5.74, 6) is 0.525. The van der Waals surface area contributed by atoms with Crippen molar-refractivity contribution in [1.82, 2.24) is 4.90 Å². The molecule has 0 spiro atoms. The Balaban J connectivity index is 2.47. The van der Waals surface area contributed by atoms with Gasteiger partial charge in [0.1, 0.15) is 5.58 Å². The largest absolute Gasteiger partial charge is 0.453 e. The molecule has 0 fully saturated rings. The molecule has 2 rings (SSSR count). The predicted molar refractivity (Wildman–Crippen MR) is 77.5 cm³/mol. The summed E-state index contributed by atoms with van der Waals surface area (Å²) < 4.78 is 5.71. The number of rotatable bonds is 5. The lowest BCUT2D eigenvalue weighted by molar-refractivity contribution is 0.0628. The van der Waals surface area contributed by atoms with Crippen molar-refractivity contribution < 1.29 is 9.21 Å². The van der Waals surface area contributed by atoms with Crippen LogP contribution in [0, 0.1) is 0 Å². The number of carbonyl (C=O) groups excluding carboxylic acids is 1. The Morgan fingerprint density at radius 2 is 1.84 bits per heavy atom. The molecule has 0 aliphatic carbocycles. The average molecular weight is 259 g/mol. The quantitative estimate of drug-likeness (QED) is 0.767. The molecule has 1 heterocycles. The summed E-state index contributed by atoms with van der Waals surface area (Å²) in [4.78, 5) is 14.8. The number of para-hydroxylation sites is 1. The second kappa shape index (κ2) is 5.17. The number of benzene rings is 1. The number of carbonyl (C=O) groups is 1.